The van der Waals surface area contributed by atoms with Crippen LogP contribution in [0.1, 0.15) is 11.3 Å². The minimum Gasteiger partial charge on any atom is -0.481 e. The van der Waals surface area contributed by atoms with Crippen LogP contribution in [0.2, 0.25) is 0 Å². The normalized spacial score (nSPS) is 14.4. The average molecular weight is 224 g/mol. The molecule has 0 amide bonds. The topological polar surface area (TPSA) is 82.3 Å². The smallest absolute Gasteiger partial charge is 0.226 e. The van der Waals surface area contributed by atoms with Crippen molar-refractivity contribution in [3.63, 3.8) is 0 Å². The van der Waals surface area contributed by atoms with E-state index in [1.165, 1.54) is 0 Å². The van der Waals surface area contributed by atoms with Gasteiger partial charge in [0.15, 0.2) is 0 Å². The lowest BCUT2D eigenvalue weighted by atomic mass is 10.1. The van der Waals surface area contributed by atoms with Gasteiger partial charge in [-0.2, -0.15) is 4.98 Å². The molecule has 0 saturated carbocycles. The molecule has 1 aromatic heterocycles. The van der Waals surface area contributed by atoms with E-state index in [1.54, 1.807) is 7.11 Å². The monoisotopic (exact) mass is 224 g/mol. The highest BCUT2D eigenvalue weighted by Gasteiger charge is 2.18. The van der Waals surface area contributed by atoms with Gasteiger partial charge in [0.25, 0.3) is 0 Å². The van der Waals surface area contributed by atoms with Crippen LogP contribution in [0.5, 0.6) is 5.88 Å². The number of hydrogen-bond acceptors (Lipinski definition) is 6. The van der Waals surface area contributed by atoms with Crippen LogP contribution in [-0.4, -0.2) is 36.8 Å². The fourth-order valence-corrected chi connectivity index (χ4v) is 1.63. The van der Waals surface area contributed by atoms with E-state index in [-0.39, 0.29) is 0 Å². The van der Waals surface area contributed by atoms with E-state index < -0.39 is 0 Å². The van der Waals surface area contributed by atoms with Gasteiger partial charge >= 0.3 is 0 Å². The van der Waals surface area contributed by atoms with Crippen LogP contribution in [0, 0.1) is 0 Å². The van der Waals surface area contributed by atoms with E-state index in [1.807, 2.05) is 0 Å². The average Bonchev–Trinajstić information content (AvgIpc) is 2.35. The Morgan fingerprint density at radius 3 is 3.12 bits per heavy atom. The van der Waals surface area contributed by atoms with E-state index in [0.717, 1.165) is 17.7 Å². The first kappa shape index (κ1) is 11.1. The fourth-order valence-electron chi connectivity index (χ4n) is 1.63. The molecule has 2 heterocycles. The Morgan fingerprint density at radius 2 is 2.38 bits per heavy atom. The standard InChI is InChI=1S/C10H16N4O2/c1-15-9-7-6-16-5-2-8(7)13-10(14-9)12-4-3-11/h2-6,11H2,1H3,(H,12,13,14). The first-order chi connectivity index (χ1) is 7.85. The van der Waals surface area contributed by atoms with E-state index in [4.69, 9.17) is 15.2 Å². The van der Waals surface area contributed by atoms with Gasteiger partial charge in [-0.1, -0.05) is 0 Å². The molecule has 1 aliphatic rings. The molecule has 88 valence electrons. The zero-order valence-electron chi connectivity index (χ0n) is 9.32. The van der Waals surface area contributed by atoms with Crippen molar-refractivity contribution in [3.8, 4) is 5.88 Å². The van der Waals surface area contributed by atoms with Crippen LogP contribution in [0.3, 0.4) is 0 Å². The highest BCUT2D eigenvalue weighted by molar-refractivity contribution is 5.39. The molecule has 6 nitrogen and oxygen atoms in total. The second-order valence-electron chi connectivity index (χ2n) is 3.50. The van der Waals surface area contributed by atoms with E-state index in [9.17, 15) is 0 Å². The molecule has 1 aliphatic heterocycles. The Bertz CT molecular complexity index is 353. The summed E-state index contributed by atoms with van der Waals surface area (Å²) in [5, 5.41) is 3.05. The number of anilines is 1. The number of hydrogen-bond donors (Lipinski definition) is 2. The molecule has 0 radical (unpaired) electrons. The third-order valence-corrected chi connectivity index (χ3v) is 2.41. The largest absolute Gasteiger partial charge is 0.481 e. The summed E-state index contributed by atoms with van der Waals surface area (Å²) in [6.45, 7) is 2.42. The third-order valence-electron chi connectivity index (χ3n) is 2.41. The van der Waals surface area contributed by atoms with Gasteiger partial charge in [-0.05, 0) is 0 Å². The second-order valence-corrected chi connectivity index (χ2v) is 3.50. The molecule has 0 atom stereocenters. The molecule has 1 aromatic rings. The minimum absolute atomic E-state index is 0.523. The Labute approximate surface area is 94.2 Å². The molecule has 0 unspecified atom stereocenters. The molecular formula is C10H16N4O2. The van der Waals surface area contributed by atoms with Gasteiger partial charge in [-0.25, -0.2) is 4.98 Å². The van der Waals surface area contributed by atoms with Crippen molar-refractivity contribution in [2.75, 3.05) is 32.1 Å². The highest BCUT2D eigenvalue weighted by Crippen LogP contribution is 2.24. The molecule has 6 heteroatoms. The van der Waals surface area contributed by atoms with Gasteiger partial charge in [0, 0.05) is 19.5 Å². The summed E-state index contributed by atoms with van der Waals surface area (Å²) in [7, 11) is 1.60. The van der Waals surface area contributed by atoms with Gasteiger partial charge in [-0.3, -0.25) is 0 Å². The van der Waals surface area contributed by atoms with Crippen molar-refractivity contribution < 1.29 is 9.47 Å². The molecule has 2 rings (SSSR count). The third kappa shape index (κ3) is 2.23. The number of nitrogens with zero attached hydrogens (tertiary/aromatic N) is 2. The van der Waals surface area contributed by atoms with Crippen molar-refractivity contribution in [1.29, 1.82) is 0 Å². The number of fused-ring (bicyclic) bond motifs is 1. The fraction of sp³-hybridized carbons (Fsp3) is 0.600. The number of nitrogens with two attached hydrogens (primary N) is 1. The maximum absolute atomic E-state index is 5.42. The zero-order chi connectivity index (χ0) is 11.4. The molecular weight excluding hydrogens is 208 g/mol. The Balaban J connectivity index is 2.28. The van der Waals surface area contributed by atoms with E-state index in [0.29, 0.717) is 38.1 Å². The predicted octanol–water partition coefficient (Wildman–Crippen LogP) is -0.0715. The van der Waals surface area contributed by atoms with Crippen molar-refractivity contribution in [2.45, 2.75) is 13.0 Å². The van der Waals surface area contributed by atoms with Crippen LogP contribution in [0.4, 0.5) is 5.95 Å². The maximum Gasteiger partial charge on any atom is 0.226 e. The molecule has 0 fully saturated rings. The lowest BCUT2D eigenvalue weighted by Gasteiger charge is -2.18. The van der Waals surface area contributed by atoms with Crippen LogP contribution >= 0.6 is 0 Å². The second kappa shape index (κ2) is 5.09. The molecule has 0 spiro atoms. The Morgan fingerprint density at radius 1 is 1.50 bits per heavy atom. The maximum atomic E-state index is 5.42. The summed E-state index contributed by atoms with van der Waals surface area (Å²) in [6.07, 6.45) is 0.797. The lowest BCUT2D eigenvalue weighted by Crippen LogP contribution is -2.19. The van der Waals surface area contributed by atoms with Crippen LogP contribution in [0.25, 0.3) is 0 Å². The summed E-state index contributed by atoms with van der Waals surface area (Å²) in [5.41, 5.74) is 7.36. The van der Waals surface area contributed by atoms with E-state index >= 15 is 0 Å². The van der Waals surface area contributed by atoms with Gasteiger partial charge in [-0.15, -0.1) is 0 Å². The quantitative estimate of drug-likeness (QED) is 0.745. The van der Waals surface area contributed by atoms with Crippen LogP contribution < -0.4 is 15.8 Å². The molecule has 0 saturated heterocycles. The number of methoxy groups -OCH3 is 1. The van der Waals surface area contributed by atoms with Crippen LogP contribution in [0.15, 0.2) is 0 Å². The van der Waals surface area contributed by atoms with Gasteiger partial charge < -0.3 is 20.5 Å². The summed E-state index contributed by atoms with van der Waals surface area (Å²) in [5.74, 6) is 1.16. The van der Waals surface area contributed by atoms with Crippen molar-refractivity contribution in [1.82, 2.24) is 9.97 Å². The highest BCUT2D eigenvalue weighted by atomic mass is 16.5. The molecule has 3 N–H and O–H groups in total. The molecule has 16 heavy (non-hydrogen) atoms. The van der Waals surface area contributed by atoms with Crippen LogP contribution in [-0.2, 0) is 17.8 Å². The van der Waals surface area contributed by atoms with Gasteiger partial charge in [0.2, 0.25) is 11.8 Å². The number of aromatic nitrogens is 2. The minimum atomic E-state index is 0.523. The number of nitrogens with one attached hydrogen (secondary N) is 1. The summed E-state index contributed by atoms with van der Waals surface area (Å²) in [6, 6.07) is 0. The predicted molar refractivity (Wildman–Crippen MR) is 59.5 cm³/mol. The van der Waals surface area contributed by atoms with Crippen molar-refractivity contribution >= 4 is 5.95 Å². The SMILES string of the molecule is COc1nc(NCCN)nc2c1COCC2. The summed E-state index contributed by atoms with van der Waals surface area (Å²) < 4.78 is 10.6. The van der Waals surface area contributed by atoms with Crippen molar-refractivity contribution in [2.24, 2.45) is 5.73 Å². The lowest BCUT2D eigenvalue weighted by molar-refractivity contribution is 0.106. The first-order valence-electron chi connectivity index (χ1n) is 5.30. The zero-order valence-corrected chi connectivity index (χ0v) is 9.32. The summed E-state index contributed by atoms with van der Waals surface area (Å²) >= 11 is 0. The first-order valence-corrected chi connectivity index (χ1v) is 5.30. The van der Waals surface area contributed by atoms with Gasteiger partial charge in [0.1, 0.15) is 0 Å². The number of ether oxygens (including phenoxy) is 2. The Hall–Kier alpha value is -1.40. The number of rotatable bonds is 4. The molecule has 0 aromatic carbocycles. The molecule has 0 bridgehead atoms. The van der Waals surface area contributed by atoms with E-state index in [2.05, 4.69) is 15.3 Å². The molecule has 0 aliphatic carbocycles. The Kier molecular flexibility index (Phi) is 3.53. The van der Waals surface area contributed by atoms with Crippen molar-refractivity contribution in [3.05, 3.63) is 11.3 Å². The summed E-state index contributed by atoms with van der Waals surface area (Å²) in [4.78, 5) is 8.68. The van der Waals surface area contributed by atoms with Gasteiger partial charge in [0.05, 0.1) is 31.6 Å².